The molecule has 2 amide bonds. The van der Waals surface area contributed by atoms with E-state index in [1.807, 2.05) is 78.8 Å². The summed E-state index contributed by atoms with van der Waals surface area (Å²) in [4.78, 5) is 23.7. The fourth-order valence-electron chi connectivity index (χ4n) is 5.66. The summed E-state index contributed by atoms with van der Waals surface area (Å²) in [5, 5.41) is 9.04. The minimum atomic E-state index is -0.455. The quantitative estimate of drug-likeness (QED) is 0.169. The second-order valence-corrected chi connectivity index (χ2v) is 11.6. The Hall–Kier alpha value is -3.76. The Kier molecular flexibility index (Phi) is 8.26. The number of anilines is 2. The molecule has 3 aromatic carbocycles. The normalized spacial score (nSPS) is 17.1. The topological polar surface area (TPSA) is 114 Å². The van der Waals surface area contributed by atoms with E-state index in [0.717, 1.165) is 59.6 Å². The zero-order valence-corrected chi connectivity index (χ0v) is 24.8. The molecule has 0 spiro atoms. The van der Waals surface area contributed by atoms with Gasteiger partial charge in [-0.3, -0.25) is 0 Å². The maximum Gasteiger partial charge on any atom is 0.315 e. The summed E-state index contributed by atoms with van der Waals surface area (Å²) in [5.74, 6) is 0.566. The van der Waals surface area contributed by atoms with Crippen molar-refractivity contribution < 1.29 is 4.79 Å². The van der Waals surface area contributed by atoms with E-state index in [2.05, 4.69) is 25.9 Å². The molecule has 1 fully saturated rings. The number of rotatable bonds is 8. The van der Waals surface area contributed by atoms with Gasteiger partial charge in [0.25, 0.3) is 0 Å². The van der Waals surface area contributed by atoms with Crippen molar-refractivity contribution in [3.05, 3.63) is 99.4 Å². The van der Waals surface area contributed by atoms with Crippen LogP contribution in [0.15, 0.2) is 66.7 Å². The summed E-state index contributed by atoms with van der Waals surface area (Å²) in [7, 11) is 1.90. The molecule has 2 aliphatic rings. The summed E-state index contributed by atoms with van der Waals surface area (Å²) in [5.41, 5.74) is 16.0. The van der Waals surface area contributed by atoms with Gasteiger partial charge in [0.15, 0.2) is 0 Å². The van der Waals surface area contributed by atoms with Crippen LogP contribution in [0.2, 0.25) is 10.2 Å². The number of nitrogens with zero attached hydrogens (tertiary/aromatic N) is 3. The SMILES string of the molecule is CN1Nc2cc(-c3nc([C@H](Cc4ccccc4)NC(=O)NCc4cc(Cl)ccc4N4CCCC4)[nH]c3Cl)ccc2C1N. The number of fused-ring (bicyclic) bond motifs is 1. The molecule has 9 nitrogen and oxygen atoms in total. The molecule has 1 unspecified atom stereocenters. The zero-order chi connectivity index (χ0) is 29.2. The molecule has 11 heteroatoms. The third kappa shape index (κ3) is 6.05. The number of carbonyl (C=O) groups is 1. The summed E-state index contributed by atoms with van der Waals surface area (Å²) in [6.45, 7) is 2.36. The molecule has 218 valence electrons. The monoisotopic (exact) mass is 604 g/mol. The molecule has 42 heavy (non-hydrogen) atoms. The van der Waals surface area contributed by atoms with Crippen LogP contribution in [-0.4, -0.2) is 41.1 Å². The maximum atomic E-state index is 13.3. The summed E-state index contributed by atoms with van der Waals surface area (Å²) in [6.07, 6.45) is 2.63. The molecule has 6 N–H and O–H groups in total. The number of nitrogens with two attached hydrogens (primary N) is 1. The third-order valence-corrected chi connectivity index (χ3v) is 8.39. The van der Waals surface area contributed by atoms with Crippen LogP contribution in [-0.2, 0) is 13.0 Å². The summed E-state index contributed by atoms with van der Waals surface area (Å²) < 4.78 is 0. The van der Waals surface area contributed by atoms with E-state index >= 15 is 0 Å². The first-order chi connectivity index (χ1) is 20.4. The Morgan fingerprint density at radius 1 is 1.10 bits per heavy atom. The lowest BCUT2D eigenvalue weighted by molar-refractivity contribution is 0.236. The van der Waals surface area contributed by atoms with E-state index in [9.17, 15) is 4.79 Å². The number of imidazole rings is 1. The van der Waals surface area contributed by atoms with E-state index in [1.54, 1.807) is 0 Å². The van der Waals surface area contributed by atoms with Crippen LogP contribution >= 0.6 is 23.2 Å². The van der Waals surface area contributed by atoms with Crippen molar-refractivity contribution >= 4 is 40.6 Å². The number of H-pyrrole nitrogens is 1. The van der Waals surface area contributed by atoms with Crippen LogP contribution in [0.4, 0.5) is 16.2 Å². The Bertz CT molecular complexity index is 1570. The molecular formula is C31H34Cl2N8O. The van der Waals surface area contributed by atoms with Gasteiger partial charge in [-0.15, -0.1) is 0 Å². The van der Waals surface area contributed by atoms with E-state index in [1.165, 1.54) is 0 Å². The maximum absolute atomic E-state index is 13.3. The molecule has 4 aromatic rings. The Balaban J connectivity index is 1.22. The number of aromatic nitrogens is 2. The second-order valence-electron chi connectivity index (χ2n) is 10.8. The highest BCUT2D eigenvalue weighted by Crippen LogP contribution is 2.36. The van der Waals surface area contributed by atoms with Gasteiger partial charge >= 0.3 is 6.03 Å². The van der Waals surface area contributed by atoms with Crippen LogP contribution in [0.3, 0.4) is 0 Å². The smallest absolute Gasteiger partial charge is 0.315 e. The number of urea groups is 1. The summed E-state index contributed by atoms with van der Waals surface area (Å²) in [6, 6.07) is 21.0. The van der Waals surface area contributed by atoms with E-state index in [4.69, 9.17) is 33.9 Å². The first-order valence-corrected chi connectivity index (χ1v) is 14.9. The molecule has 0 radical (unpaired) electrons. The van der Waals surface area contributed by atoms with Gasteiger partial charge in [-0.05, 0) is 54.7 Å². The predicted molar refractivity (Wildman–Crippen MR) is 169 cm³/mol. The Morgan fingerprint density at radius 3 is 2.67 bits per heavy atom. The van der Waals surface area contributed by atoms with Gasteiger partial charge in [0.2, 0.25) is 0 Å². The highest BCUT2D eigenvalue weighted by atomic mass is 35.5. The first kappa shape index (κ1) is 28.4. The molecule has 2 aliphatic heterocycles. The van der Waals surface area contributed by atoms with Gasteiger partial charge in [0.05, 0.1) is 11.7 Å². The lowest BCUT2D eigenvalue weighted by Crippen LogP contribution is -2.39. The zero-order valence-electron chi connectivity index (χ0n) is 23.3. The molecule has 1 saturated heterocycles. The van der Waals surface area contributed by atoms with Crippen LogP contribution in [0.25, 0.3) is 11.3 Å². The van der Waals surface area contributed by atoms with Crippen LogP contribution in [0, 0.1) is 0 Å². The average molecular weight is 606 g/mol. The fraction of sp³-hybridized carbons (Fsp3) is 0.290. The van der Waals surface area contributed by atoms with Crippen LogP contribution in [0.1, 0.15) is 47.6 Å². The average Bonchev–Trinajstić information content (AvgIpc) is 3.72. The number of hydrazine groups is 1. The number of nitrogens with one attached hydrogen (secondary N) is 4. The standard InChI is InChI=1S/C31H34Cl2N8O/c1-40-29(34)23-11-9-20(17-24(23)39-40)27-28(33)38-30(37-27)25(15-19-7-3-2-4-8-19)36-31(42)35-18-21-16-22(32)10-12-26(21)41-13-5-6-14-41/h2-4,7-12,16-17,25,29,39H,5-6,13-15,18,34H2,1H3,(H,37,38)(H2,35,36,42)/t25-,29?/m0/s1. The van der Waals surface area contributed by atoms with Crippen molar-refractivity contribution in [2.45, 2.75) is 38.0 Å². The Labute approximate surface area is 255 Å². The van der Waals surface area contributed by atoms with Crippen LogP contribution < -0.4 is 26.7 Å². The van der Waals surface area contributed by atoms with E-state index < -0.39 is 6.04 Å². The van der Waals surface area contributed by atoms with Crippen molar-refractivity contribution in [3.63, 3.8) is 0 Å². The minimum absolute atomic E-state index is 0.226. The van der Waals surface area contributed by atoms with Crippen molar-refractivity contribution in [2.24, 2.45) is 5.73 Å². The van der Waals surface area contributed by atoms with Gasteiger partial charge in [0.1, 0.15) is 22.8 Å². The molecule has 0 saturated carbocycles. The van der Waals surface area contributed by atoms with Gasteiger partial charge < -0.3 is 31.7 Å². The van der Waals surface area contributed by atoms with Gasteiger partial charge in [0, 0.05) is 48.5 Å². The van der Waals surface area contributed by atoms with Gasteiger partial charge in [-0.2, -0.15) is 0 Å². The van der Waals surface area contributed by atoms with E-state index in [-0.39, 0.29) is 12.2 Å². The molecule has 0 aliphatic carbocycles. The minimum Gasteiger partial charge on any atom is -0.371 e. The second kappa shape index (κ2) is 12.2. The number of hydrogen-bond acceptors (Lipinski definition) is 6. The van der Waals surface area contributed by atoms with Crippen LogP contribution in [0.5, 0.6) is 0 Å². The van der Waals surface area contributed by atoms with E-state index in [0.29, 0.717) is 34.7 Å². The molecule has 3 heterocycles. The van der Waals surface area contributed by atoms with Crippen molar-refractivity contribution in [2.75, 3.05) is 30.5 Å². The van der Waals surface area contributed by atoms with Crippen molar-refractivity contribution in [1.82, 2.24) is 25.6 Å². The molecule has 2 atom stereocenters. The summed E-state index contributed by atoms with van der Waals surface area (Å²) >= 11 is 13.0. The number of aromatic amines is 1. The molecule has 1 aromatic heterocycles. The number of amides is 2. The lowest BCUT2D eigenvalue weighted by atomic mass is 10.1. The van der Waals surface area contributed by atoms with Crippen molar-refractivity contribution in [3.8, 4) is 11.3 Å². The fourth-order valence-corrected chi connectivity index (χ4v) is 6.11. The molecule has 0 bridgehead atoms. The molecule has 6 rings (SSSR count). The predicted octanol–water partition coefficient (Wildman–Crippen LogP) is 6.00. The number of halogens is 2. The van der Waals surface area contributed by atoms with Crippen molar-refractivity contribution in [1.29, 1.82) is 0 Å². The van der Waals surface area contributed by atoms with Gasteiger partial charge in [-0.1, -0.05) is 65.7 Å². The lowest BCUT2D eigenvalue weighted by Gasteiger charge is -2.22. The highest BCUT2D eigenvalue weighted by Gasteiger charge is 2.26. The largest absolute Gasteiger partial charge is 0.371 e. The highest BCUT2D eigenvalue weighted by molar-refractivity contribution is 6.32. The first-order valence-electron chi connectivity index (χ1n) is 14.1. The Morgan fingerprint density at radius 2 is 1.88 bits per heavy atom. The number of benzene rings is 3. The molecular weight excluding hydrogens is 571 g/mol. The van der Waals surface area contributed by atoms with Gasteiger partial charge in [-0.25, -0.2) is 14.8 Å². The number of carbonyl (C=O) groups excluding carboxylic acids is 1. The number of hydrogen-bond donors (Lipinski definition) is 5. The third-order valence-electron chi connectivity index (χ3n) is 7.88.